The van der Waals surface area contributed by atoms with Crippen molar-refractivity contribution in [3.8, 4) is 0 Å². The fourth-order valence-corrected chi connectivity index (χ4v) is 3.39. The molecule has 1 fully saturated rings. The maximum Gasteiger partial charge on any atom is 0.253 e. The maximum absolute atomic E-state index is 12.7. The monoisotopic (exact) mass is 327 g/mol. The Balaban J connectivity index is 1.70. The zero-order chi connectivity index (χ0) is 17.1. The molecule has 2 atom stereocenters. The number of aliphatic hydroxyl groups excluding tert-OH is 1. The molecule has 1 amide bonds. The lowest BCUT2D eigenvalue weighted by Gasteiger charge is -2.35. The van der Waals surface area contributed by atoms with E-state index in [0.717, 1.165) is 31.4 Å². The number of imidazole rings is 1. The van der Waals surface area contributed by atoms with Gasteiger partial charge in [-0.15, -0.1) is 0 Å². The van der Waals surface area contributed by atoms with Crippen molar-refractivity contribution in [2.45, 2.75) is 32.3 Å². The maximum atomic E-state index is 12.7. The van der Waals surface area contributed by atoms with E-state index in [-0.39, 0.29) is 11.8 Å². The van der Waals surface area contributed by atoms with Gasteiger partial charge in [0.2, 0.25) is 0 Å². The number of aryl methyl sites for hydroxylation is 2. The largest absolute Gasteiger partial charge is 0.385 e. The lowest BCUT2D eigenvalue weighted by Crippen LogP contribution is -2.42. The van der Waals surface area contributed by atoms with Crippen LogP contribution in [0.4, 0.5) is 0 Å². The molecular weight excluding hydrogens is 302 g/mol. The smallest absolute Gasteiger partial charge is 0.253 e. The molecule has 3 rings (SSSR count). The number of amides is 1. The molecular formula is C19H25N3O2. The van der Waals surface area contributed by atoms with Gasteiger partial charge in [-0.3, -0.25) is 4.79 Å². The minimum Gasteiger partial charge on any atom is -0.385 e. The highest BCUT2D eigenvalue weighted by atomic mass is 16.3. The van der Waals surface area contributed by atoms with Gasteiger partial charge in [0.1, 0.15) is 11.9 Å². The summed E-state index contributed by atoms with van der Waals surface area (Å²) in [5, 5.41) is 10.6. The number of aliphatic hydroxyl groups is 1. The molecule has 1 aliphatic rings. The minimum atomic E-state index is -0.636. The summed E-state index contributed by atoms with van der Waals surface area (Å²) < 4.78 is 1.84. The van der Waals surface area contributed by atoms with Crippen molar-refractivity contribution in [1.29, 1.82) is 0 Å². The number of hydrogen-bond donors (Lipinski definition) is 1. The topological polar surface area (TPSA) is 58.4 Å². The van der Waals surface area contributed by atoms with E-state index in [9.17, 15) is 9.90 Å². The third-order valence-corrected chi connectivity index (χ3v) is 4.92. The molecule has 5 heteroatoms. The fourth-order valence-electron chi connectivity index (χ4n) is 3.39. The number of carbonyl (C=O) groups excluding carboxylic acids is 1. The molecule has 1 aliphatic heterocycles. The van der Waals surface area contributed by atoms with Crippen molar-refractivity contribution in [2.75, 3.05) is 13.1 Å². The lowest BCUT2D eigenvalue weighted by atomic mass is 9.91. The van der Waals surface area contributed by atoms with Crippen LogP contribution in [0.5, 0.6) is 0 Å². The summed E-state index contributed by atoms with van der Waals surface area (Å²) in [5.74, 6) is 0.745. The quantitative estimate of drug-likeness (QED) is 0.939. The van der Waals surface area contributed by atoms with Crippen LogP contribution in [0.25, 0.3) is 0 Å². The summed E-state index contributed by atoms with van der Waals surface area (Å²) in [4.78, 5) is 18.9. The van der Waals surface area contributed by atoms with Gasteiger partial charge >= 0.3 is 0 Å². The van der Waals surface area contributed by atoms with Gasteiger partial charge in [0.05, 0.1) is 0 Å². The SMILES string of the molecule is CCc1ccc(C(=O)N2CCCC(C(O)c3nccn3C)C2)cc1. The molecule has 2 unspecified atom stereocenters. The number of piperidine rings is 1. The average molecular weight is 327 g/mol. The van der Waals surface area contributed by atoms with Crippen LogP contribution in [0, 0.1) is 5.92 Å². The summed E-state index contributed by atoms with van der Waals surface area (Å²) in [7, 11) is 1.88. The van der Waals surface area contributed by atoms with Gasteiger partial charge in [-0.25, -0.2) is 4.98 Å². The first-order valence-electron chi connectivity index (χ1n) is 8.63. The number of benzene rings is 1. The predicted molar refractivity (Wildman–Crippen MR) is 92.6 cm³/mol. The third kappa shape index (κ3) is 3.36. The number of hydrogen-bond acceptors (Lipinski definition) is 3. The molecule has 2 heterocycles. The van der Waals surface area contributed by atoms with Crippen LogP contribution in [0.3, 0.4) is 0 Å². The van der Waals surface area contributed by atoms with Crippen LogP contribution < -0.4 is 0 Å². The van der Waals surface area contributed by atoms with Crippen molar-refractivity contribution >= 4 is 5.91 Å². The zero-order valence-corrected chi connectivity index (χ0v) is 14.4. The molecule has 128 valence electrons. The number of nitrogens with zero attached hydrogens (tertiary/aromatic N) is 3. The average Bonchev–Trinajstić information content (AvgIpc) is 3.06. The van der Waals surface area contributed by atoms with Crippen LogP contribution >= 0.6 is 0 Å². The highest BCUT2D eigenvalue weighted by Gasteiger charge is 2.31. The van der Waals surface area contributed by atoms with E-state index in [0.29, 0.717) is 12.4 Å². The van der Waals surface area contributed by atoms with Gasteiger partial charge in [0.25, 0.3) is 5.91 Å². The van der Waals surface area contributed by atoms with Crippen LogP contribution in [-0.4, -0.2) is 38.6 Å². The van der Waals surface area contributed by atoms with E-state index in [4.69, 9.17) is 0 Å². The molecule has 1 saturated heterocycles. The van der Waals surface area contributed by atoms with Gasteiger partial charge in [-0.05, 0) is 37.0 Å². The van der Waals surface area contributed by atoms with Crippen LogP contribution in [0.1, 0.15) is 47.6 Å². The lowest BCUT2D eigenvalue weighted by molar-refractivity contribution is 0.0358. The Morgan fingerprint density at radius 2 is 2.12 bits per heavy atom. The molecule has 24 heavy (non-hydrogen) atoms. The molecule has 1 aromatic carbocycles. The molecule has 0 saturated carbocycles. The van der Waals surface area contributed by atoms with E-state index in [2.05, 4.69) is 11.9 Å². The third-order valence-electron chi connectivity index (χ3n) is 4.92. The second-order valence-corrected chi connectivity index (χ2v) is 6.55. The highest BCUT2D eigenvalue weighted by Crippen LogP contribution is 2.29. The number of rotatable bonds is 4. The Labute approximate surface area is 142 Å². The Kier molecular flexibility index (Phi) is 5.00. The van der Waals surface area contributed by atoms with Gasteiger partial charge in [0, 0.05) is 44.0 Å². The van der Waals surface area contributed by atoms with Gasteiger partial charge < -0.3 is 14.6 Å². The molecule has 1 N–H and O–H groups in total. The first kappa shape index (κ1) is 16.7. The summed E-state index contributed by atoms with van der Waals surface area (Å²) >= 11 is 0. The van der Waals surface area contributed by atoms with E-state index in [1.807, 2.05) is 47.0 Å². The van der Waals surface area contributed by atoms with Crippen molar-refractivity contribution in [3.63, 3.8) is 0 Å². The summed E-state index contributed by atoms with van der Waals surface area (Å²) in [6.07, 6.45) is 5.68. The Hall–Kier alpha value is -2.14. The summed E-state index contributed by atoms with van der Waals surface area (Å²) in [5.41, 5.74) is 1.95. The molecule has 5 nitrogen and oxygen atoms in total. The van der Waals surface area contributed by atoms with Crippen molar-refractivity contribution in [3.05, 3.63) is 53.6 Å². The Morgan fingerprint density at radius 3 is 2.75 bits per heavy atom. The van der Waals surface area contributed by atoms with Crippen LogP contribution in [0.2, 0.25) is 0 Å². The van der Waals surface area contributed by atoms with E-state index in [1.54, 1.807) is 6.20 Å². The normalized spacial score (nSPS) is 19.3. The van der Waals surface area contributed by atoms with E-state index >= 15 is 0 Å². The number of aromatic nitrogens is 2. The van der Waals surface area contributed by atoms with Crippen LogP contribution in [-0.2, 0) is 13.5 Å². The zero-order valence-electron chi connectivity index (χ0n) is 14.4. The molecule has 1 aromatic heterocycles. The summed E-state index contributed by atoms with van der Waals surface area (Å²) in [6, 6.07) is 7.83. The molecule has 0 radical (unpaired) electrons. The number of carbonyl (C=O) groups is 1. The molecule has 0 spiro atoms. The van der Waals surface area contributed by atoms with E-state index in [1.165, 1.54) is 5.56 Å². The highest BCUT2D eigenvalue weighted by molar-refractivity contribution is 5.94. The van der Waals surface area contributed by atoms with Crippen molar-refractivity contribution in [2.24, 2.45) is 13.0 Å². The first-order valence-corrected chi connectivity index (χ1v) is 8.63. The molecule has 0 bridgehead atoms. The molecule has 2 aromatic rings. The summed E-state index contributed by atoms with van der Waals surface area (Å²) in [6.45, 7) is 3.42. The number of likely N-dealkylation sites (tertiary alicyclic amines) is 1. The second kappa shape index (κ2) is 7.18. The van der Waals surface area contributed by atoms with Gasteiger partial charge in [-0.2, -0.15) is 0 Å². The van der Waals surface area contributed by atoms with Crippen molar-refractivity contribution < 1.29 is 9.90 Å². The Bertz CT molecular complexity index is 693. The van der Waals surface area contributed by atoms with Gasteiger partial charge in [0.15, 0.2) is 0 Å². The second-order valence-electron chi connectivity index (χ2n) is 6.55. The van der Waals surface area contributed by atoms with E-state index < -0.39 is 6.10 Å². The minimum absolute atomic E-state index is 0.0266. The standard InChI is InChI=1S/C19H25N3O2/c1-3-14-6-8-15(9-7-14)19(24)22-11-4-5-16(13-22)17(23)18-20-10-12-21(18)2/h6-10,12,16-17,23H,3-5,11,13H2,1-2H3. The molecule has 0 aliphatic carbocycles. The Morgan fingerprint density at radius 1 is 1.38 bits per heavy atom. The van der Waals surface area contributed by atoms with Crippen molar-refractivity contribution in [1.82, 2.24) is 14.5 Å². The van der Waals surface area contributed by atoms with Gasteiger partial charge in [-0.1, -0.05) is 19.1 Å². The fraction of sp³-hybridized carbons (Fsp3) is 0.474. The first-order chi connectivity index (χ1) is 11.6. The predicted octanol–water partition coefficient (Wildman–Crippen LogP) is 2.57. The van der Waals surface area contributed by atoms with Crippen LogP contribution in [0.15, 0.2) is 36.7 Å².